The van der Waals surface area contributed by atoms with E-state index in [9.17, 15) is 4.79 Å². The van der Waals surface area contributed by atoms with Gasteiger partial charge in [0.25, 0.3) is 0 Å². The van der Waals surface area contributed by atoms with Crippen LogP contribution in [-0.4, -0.2) is 6.29 Å². The molecule has 0 amide bonds. The van der Waals surface area contributed by atoms with Crippen LogP contribution in [0.3, 0.4) is 0 Å². The van der Waals surface area contributed by atoms with E-state index in [-0.39, 0.29) is 0 Å². The van der Waals surface area contributed by atoms with Gasteiger partial charge in [0, 0.05) is 5.92 Å². The van der Waals surface area contributed by atoms with Crippen LogP contribution in [0, 0.1) is 11.8 Å². The molecule has 46 valence electrons. The number of rotatable bonds is 2. The van der Waals surface area contributed by atoms with E-state index in [1.807, 2.05) is 0 Å². The van der Waals surface area contributed by atoms with Gasteiger partial charge in [-0.1, -0.05) is 13.3 Å². The number of carbonyl (C=O) groups excluding carboxylic acids is 1. The Hall–Kier alpha value is -0.330. The Balaban J connectivity index is 2.26. The maximum absolute atomic E-state index is 10.2. The Kier molecular flexibility index (Phi) is 1.66. The largest absolute Gasteiger partial charge is 0.303 e. The standard InChI is InChI=1S/C7H12O/c1-2-6-3-4-7(6)5-8/h5-7H,2-4H2,1H3/t6-,7+/m1/s1. The van der Waals surface area contributed by atoms with E-state index in [0.717, 1.165) is 18.6 Å². The summed E-state index contributed by atoms with van der Waals surface area (Å²) in [6.07, 6.45) is 4.71. The lowest BCUT2D eigenvalue weighted by atomic mass is 9.73. The zero-order valence-electron chi connectivity index (χ0n) is 5.26. The molecule has 1 fully saturated rings. The molecule has 2 atom stereocenters. The lowest BCUT2D eigenvalue weighted by Crippen LogP contribution is -2.25. The third kappa shape index (κ3) is 0.770. The average molecular weight is 112 g/mol. The molecule has 0 bridgehead atoms. The fourth-order valence-corrected chi connectivity index (χ4v) is 1.28. The average Bonchev–Trinajstić information content (AvgIpc) is 1.66. The number of aldehydes is 1. The fourth-order valence-electron chi connectivity index (χ4n) is 1.28. The summed E-state index contributed by atoms with van der Waals surface area (Å²) in [4.78, 5) is 10.2. The van der Waals surface area contributed by atoms with Crippen LogP contribution in [0.25, 0.3) is 0 Å². The molecular formula is C7H12O. The highest BCUT2D eigenvalue weighted by Crippen LogP contribution is 2.34. The van der Waals surface area contributed by atoms with Gasteiger partial charge >= 0.3 is 0 Å². The second-order valence-corrected chi connectivity index (χ2v) is 2.55. The normalized spacial score (nSPS) is 36.1. The van der Waals surface area contributed by atoms with E-state index in [1.165, 1.54) is 12.8 Å². The number of hydrogen-bond acceptors (Lipinski definition) is 1. The molecule has 0 saturated heterocycles. The summed E-state index contributed by atoms with van der Waals surface area (Å²) in [5, 5.41) is 0. The molecule has 1 saturated carbocycles. The maximum atomic E-state index is 10.2. The second kappa shape index (κ2) is 2.29. The van der Waals surface area contributed by atoms with Gasteiger partial charge in [0.05, 0.1) is 0 Å². The van der Waals surface area contributed by atoms with Crippen molar-refractivity contribution in [1.29, 1.82) is 0 Å². The molecule has 1 aliphatic rings. The van der Waals surface area contributed by atoms with E-state index in [1.54, 1.807) is 0 Å². The Morgan fingerprint density at radius 2 is 2.38 bits per heavy atom. The SMILES string of the molecule is CC[C@@H]1CC[C@H]1C=O. The Bertz CT molecular complexity index is 86.4. The molecule has 0 unspecified atom stereocenters. The van der Waals surface area contributed by atoms with Crippen molar-refractivity contribution in [2.75, 3.05) is 0 Å². The lowest BCUT2D eigenvalue weighted by Gasteiger charge is -2.31. The van der Waals surface area contributed by atoms with Gasteiger partial charge in [-0.05, 0) is 18.8 Å². The molecule has 1 rings (SSSR count). The van der Waals surface area contributed by atoms with Crippen molar-refractivity contribution in [3.8, 4) is 0 Å². The van der Waals surface area contributed by atoms with Crippen LogP contribution in [-0.2, 0) is 4.79 Å². The van der Waals surface area contributed by atoms with Crippen molar-refractivity contribution in [2.24, 2.45) is 11.8 Å². The zero-order valence-corrected chi connectivity index (χ0v) is 5.26. The van der Waals surface area contributed by atoms with Crippen LogP contribution < -0.4 is 0 Å². The van der Waals surface area contributed by atoms with Gasteiger partial charge < -0.3 is 4.79 Å². The minimum absolute atomic E-state index is 0.417. The van der Waals surface area contributed by atoms with E-state index in [2.05, 4.69) is 6.92 Å². The molecule has 1 aliphatic carbocycles. The first kappa shape index (κ1) is 5.80. The third-order valence-electron chi connectivity index (χ3n) is 2.18. The van der Waals surface area contributed by atoms with Gasteiger partial charge in [0.1, 0.15) is 6.29 Å². The number of carbonyl (C=O) groups is 1. The van der Waals surface area contributed by atoms with Gasteiger partial charge in [0.15, 0.2) is 0 Å². The molecule has 0 radical (unpaired) electrons. The Morgan fingerprint density at radius 1 is 1.62 bits per heavy atom. The van der Waals surface area contributed by atoms with Gasteiger partial charge in [-0.15, -0.1) is 0 Å². The van der Waals surface area contributed by atoms with Gasteiger partial charge in [0.2, 0.25) is 0 Å². The second-order valence-electron chi connectivity index (χ2n) is 2.55. The third-order valence-corrected chi connectivity index (χ3v) is 2.18. The minimum atomic E-state index is 0.417. The van der Waals surface area contributed by atoms with Crippen LogP contribution in [0.5, 0.6) is 0 Å². The van der Waals surface area contributed by atoms with Gasteiger partial charge in [-0.3, -0.25) is 0 Å². The fraction of sp³-hybridized carbons (Fsp3) is 0.857. The van der Waals surface area contributed by atoms with Gasteiger partial charge in [-0.25, -0.2) is 0 Å². The van der Waals surface area contributed by atoms with Crippen molar-refractivity contribution >= 4 is 6.29 Å². The zero-order chi connectivity index (χ0) is 5.98. The quantitative estimate of drug-likeness (QED) is 0.496. The van der Waals surface area contributed by atoms with E-state index in [0.29, 0.717) is 5.92 Å². The summed E-state index contributed by atoms with van der Waals surface area (Å²) in [6, 6.07) is 0. The highest BCUT2D eigenvalue weighted by atomic mass is 16.1. The molecule has 1 nitrogen and oxygen atoms in total. The smallest absolute Gasteiger partial charge is 0.123 e. The van der Waals surface area contributed by atoms with Crippen molar-refractivity contribution in [1.82, 2.24) is 0 Å². The summed E-state index contributed by atoms with van der Waals surface area (Å²) >= 11 is 0. The molecule has 0 N–H and O–H groups in total. The van der Waals surface area contributed by atoms with Gasteiger partial charge in [-0.2, -0.15) is 0 Å². The highest BCUT2D eigenvalue weighted by molar-refractivity contribution is 5.55. The predicted molar refractivity (Wildman–Crippen MR) is 32.6 cm³/mol. The first-order valence-corrected chi connectivity index (χ1v) is 3.33. The maximum Gasteiger partial charge on any atom is 0.123 e. The number of hydrogen-bond donors (Lipinski definition) is 0. The van der Waals surface area contributed by atoms with Crippen LogP contribution in [0.4, 0.5) is 0 Å². The summed E-state index contributed by atoms with van der Waals surface area (Å²) in [6.45, 7) is 2.15. The van der Waals surface area contributed by atoms with Crippen molar-refractivity contribution < 1.29 is 4.79 Å². The molecule has 0 aromatic rings. The summed E-state index contributed by atoms with van der Waals surface area (Å²) in [7, 11) is 0. The Labute approximate surface area is 50.1 Å². The monoisotopic (exact) mass is 112 g/mol. The topological polar surface area (TPSA) is 17.1 Å². The van der Waals surface area contributed by atoms with E-state index >= 15 is 0 Å². The molecule has 0 spiro atoms. The van der Waals surface area contributed by atoms with Crippen LogP contribution in [0.15, 0.2) is 0 Å². The van der Waals surface area contributed by atoms with Crippen LogP contribution >= 0.6 is 0 Å². The highest BCUT2D eigenvalue weighted by Gasteiger charge is 2.27. The molecular weight excluding hydrogens is 100 g/mol. The van der Waals surface area contributed by atoms with Crippen molar-refractivity contribution in [3.63, 3.8) is 0 Å². The summed E-state index contributed by atoms with van der Waals surface area (Å²) in [5.41, 5.74) is 0. The van der Waals surface area contributed by atoms with Crippen molar-refractivity contribution in [2.45, 2.75) is 26.2 Å². The molecule has 8 heavy (non-hydrogen) atoms. The van der Waals surface area contributed by atoms with Crippen molar-refractivity contribution in [3.05, 3.63) is 0 Å². The summed E-state index contributed by atoms with van der Waals surface area (Å²) in [5.74, 6) is 1.15. The lowest BCUT2D eigenvalue weighted by molar-refractivity contribution is -0.115. The minimum Gasteiger partial charge on any atom is -0.303 e. The molecule has 0 heterocycles. The summed E-state index contributed by atoms with van der Waals surface area (Å²) < 4.78 is 0. The molecule has 1 heteroatoms. The van der Waals surface area contributed by atoms with Crippen LogP contribution in [0.2, 0.25) is 0 Å². The molecule has 0 aromatic carbocycles. The predicted octanol–water partition coefficient (Wildman–Crippen LogP) is 1.62. The Morgan fingerprint density at radius 3 is 2.50 bits per heavy atom. The van der Waals surface area contributed by atoms with E-state index in [4.69, 9.17) is 0 Å². The van der Waals surface area contributed by atoms with E-state index < -0.39 is 0 Å². The molecule has 0 aliphatic heterocycles. The van der Waals surface area contributed by atoms with Crippen LogP contribution in [0.1, 0.15) is 26.2 Å². The first-order chi connectivity index (χ1) is 3.88. The first-order valence-electron chi connectivity index (χ1n) is 3.33. The molecule has 0 aromatic heterocycles.